The van der Waals surface area contributed by atoms with Crippen LogP contribution in [0.4, 0.5) is 0 Å². The van der Waals surface area contributed by atoms with Gasteiger partial charge in [0.2, 0.25) is 0 Å². The number of H-pyrrole nitrogens is 1. The van der Waals surface area contributed by atoms with Gasteiger partial charge in [0.25, 0.3) is 5.56 Å². The van der Waals surface area contributed by atoms with E-state index >= 15 is 0 Å². The van der Waals surface area contributed by atoms with Crippen molar-refractivity contribution in [2.45, 2.75) is 19.5 Å². The van der Waals surface area contributed by atoms with Crippen molar-refractivity contribution in [2.24, 2.45) is 0 Å². The molecule has 0 radical (unpaired) electrons. The van der Waals surface area contributed by atoms with E-state index < -0.39 is 0 Å². The first-order valence-electron chi connectivity index (χ1n) is 5.28. The van der Waals surface area contributed by atoms with Gasteiger partial charge in [0.15, 0.2) is 0 Å². The molecule has 0 saturated heterocycles. The van der Waals surface area contributed by atoms with Gasteiger partial charge >= 0.3 is 0 Å². The number of rotatable bonds is 3. The summed E-state index contributed by atoms with van der Waals surface area (Å²) in [5, 5.41) is 0. The quantitative estimate of drug-likeness (QED) is 0.933. The van der Waals surface area contributed by atoms with Crippen LogP contribution in [0.3, 0.4) is 0 Å². The van der Waals surface area contributed by atoms with E-state index in [9.17, 15) is 4.79 Å². The Hall–Kier alpha value is -1.04. The maximum atomic E-state index is 11.7. The molecule has 0 aromatic carbocycles. The van der Waals surface area contributed by atoms with Gasteiger partial charge in [-0.1, -0.05) is 0 Å². The zero-order valence-electron chi connectivity index (χ0n) is 10.6. The minimum absolute atomic E-state index is 0. The maximum Gasteiger partial charge on any atom is 0.275 e. The molecule has 0 aliphatic carbocycles. The van der Waals surface area contributed by atoms with Gasteiger partial charge in [-0.15, -0.1) is 24.8 Å². The summed E-state index contributed by atoms with van der Waals surface area (Å²) in [5.41, 5.74) is 1.31. The molecule has 0 bridgehead atoms. The zero-order chi connectivity index (χ0) is 11.7. The number of fused-ring (bicyclic) bond motifs is 1. The maximum absolute atomic E-state index is 11.7. The average Bonchev–Trinajstić information content (AvgIpc) is 2.63. The molecule has 1 unspecified atom stereocenters. The normalized spacial score (nSPS) is 12.0. The van der Waals surface area contributed by atoms with Crippen molar-refractivity contribution >= 4 is 35.8 Å². The first-order valence-corrected chi connectivity index (χ1v) is 5.28. The predicted octanol–water partition coefficient (Wildman–Crippen LogP) is 1.52. The molecule has 2 aromatic heterocycles. The third-order valence-electron chi connectivity index (χ3n) is 2.90. The molecule has 1 N–H and O–H groups in total. The van der Waals surface area contributed by atoms with E-state index in [1.807, 2.05) is 30.9 Å². The highest BCUT2D eigenvalue weighted by Gasteiger charge is 2.10. The summed E-state index contributed by atoms with van der Waals surface area (Å²) in [4.78, 5) is 20.5. The number of nitrogens with zero attached hydrogens (tertiary/aromatic N) is 3. The number of aromatic amines is 1. The molecule has 7 heteroatoms. The van der Waals surface area contributed by atoms with Crippen LogP contribution in [0.25, 0.3) is 11.0 Å². The summed E-state index contributed by atoms with van der Waals surface area (Å²) in [6.45, 7) is 2.90. The van der Waals surface area contributed by atoms with E-state index in [0.717, 1.165) is 12.1 Å². The SMILES string of the molecule is CC(Cn1ccc2nc[nH]c(=O)c21)N(C)C.Cl.Cl. The third-order valence-corrected chi connectivity index (χ3v) is 2.90. The van der Waals surface area contributed by atoms with Gasteiger partial charge in [0.05, 0.1) is 11.8 Å². The summed E-state index contributed by atoms with van der Waals surface area (Å²) in [5.74, 6) is 0. The number of hydrogen-bond donors (Lipinski definition) is 1. The summed E-state index contributed by atoms with van der Waals surface area (Å²) < 4.78 is 1.95. The van der Waals surface area contributed by atoms with Crippen LogP contribution in [-0.4, -0.2) is 39.6 Å². The lowest BCUT2D eigenvalue weighted by molar-refractivity contribution is 0.286. The molecule has 0 amide bonds. The van der Waals surface area contributed by atoms with E-state index in [1.165, 1.54) is 6.33 Å². The van der Waals surface area contributed by atoms with Crippen LogP contribution in [0.1, 0.15) is 6.92 Å². The van der Waals surface area contributed by atoms with Gasteiger partial charge in [0.1, 0.15) is 5.52 Å². The molecule has 0 aliphatic heterocycles. The molecule has 2 aromatic rings. The molecule has 1 atom stereocenters. The van der Waals surface area contributed by atoms with Gasteiger partial charge < -0.3 is 14.5 Å². The molecule has 102 valence electrons. The Bertz CT molecular complexity index is 549. The first-order chi connectivity index (χ1) is 7.59. The van der Waals surface area contributed by atoms with Gasteiger partial charge in [-0.2, -0.15) is 0 Å². The third kappa shape index (κ3) is 3.25. The Morgan fingerprint density at radius 1 is 1.44 bits per heavy atom. The van der Waals surface area contributed by atoms with Crippen LogP contribution in [0.5, 0.6) is 0 Å². The fourth-order valence-electron chi connectivity index (χ4n) is 1.64. The summed E-state index contributed by atoms with van der Waals surface area (Å²) in [7, 11) is 4.05. The summed E-state index contributed by atoms with van der Waals surface area (Å²) >= 11 is 0. The second kappa shape index (κ2) is 6.78. The van der Waals surface area contributed by atoms with E-state index in [0.29, 0.717) is 11.6 Å². The Morgan fingerprint density at radius 2 is 2.11 bits per heavy atom. The second-order valence-corrected chi connectivity index (χ2v) is 4.25. The molecule has 2 rings (SSSR count). The summed E-state index contributed by atoms with van der Waals surface area (Å²) in [6.07, 6.45) is 3.34. The topological polar surface area (TPSA) is 53.9 Å². The second-order valence-electron chi connectivity index (χ2n) is 4.25. The Balaban J connectivity index is 0.00000144. The lowest BCUT2D eigenvalue weighted by Gasteiger charge is -2.20. The van der Waals surface area contributed by atoms with Gasteiger partial charge in [-0.3, -0.25) is 4.79 Å². The van der Waals surface area contributed by atoms with Crippen molar-refractivity contribution in [3.8, 4) is 0 Å². The highest BCUT2D eigenvalue weighted by Crippen LogP contribution is 2.09. The average molecular weight is 293 g/mol. The predicted molar refractivity (Wildman–Crippen MR) is 78.0 cm³/mol. The van der Waals surface area contributed by atoms with Crippen molar-refractivity contribution in [2.75, 3.05) is 14.1 Å². The smallest absolute Gasteiger partial charge is 0.275 e. The Morgan fingerprint density at radius 3 is 2.72 bits per heavy atom. The Labute approximate surface area is 118 Å². The van der Waals surface area contributed by atoms with Gasteiger partial charge in [0, 0.05) is 18.8 Å². The zero-order valence-corrected chi connectivity index (χ0v) is 12.2. The number of aromatic nitrogens is 3. The molecule has 0 saturated carbocycles. The van der Waals surface area contributed by atoms with Crippen LogP contribution in [-0.2, 0) is 6.54 Å². The first kappa shape index (κ1) is 17.0. The molecular formula is C11H18Cl2N4O. The number of likely N-dealkylation sites (N-methyl/N-ethyl adjacent to an activating group) is 1. The molecule has 18 heavy (non-hydrogen) atoms. The number of hydrogen-bond acceptors (Lipinski definition) is 3. The molecule has 0 spiro atoms. The van der Waals surface area contributed by atoms with Crippen LogP contribution < -0.4 is 5.56 Å². The summed E-state index contributed by atoms with van der Waals surface area (Å²) in [6, 6.07) is 2.24. The van der Waals surface area contributed by atoms with Crippen LogP contribution in [0.15, 0.2) is 23.4 Å². The Kier molecular flexibility index (Phi) is 6.38. The van der Waals surface area contributed by atoms with Crippen LogP contribution in [0.2, 0.25) is 0 Å². The van der Waals surface area contributed by atoms with Gasteiger partial charge in [-0.25, -0.2) is 4.98 Å². The fraction of sp³-hybridized carbons (Fsp3) is 0.455. The van der Waals surface area contributed by atoms with E-state index in [-0.39, 0.29) is 30.4 Å². The molecule has 0 aliphatic rings. The molecule has 2 heterocycles. The fourth-order valence-corrected chi connectivity index (χ4v) is 1.64. The van der Waals surface area contributed by atoms with Crippen molar-refractivity contribution in [3.63, 3.8) is 0 Å². The van der Waals surface area contributed by atoms with Crippen molar-refractivity contribution in [3.05, 3.63) is 28.9 Å². The van der Waals surface area contributed by atoms with Crippen LogP contribution >= 0.6 is 24.8 Å². The van der Waals surface area contributed by atoms with E-state index in [4.69, 9.17) is 0 Å². The van der Waals surface area contributed by atoms with Crippen molar-refractivity contribution in [1.82, 2.24) is 19.4 Å². The van der Waals surface area contributed by atoms with Gasteiger partial charge in [-0.05, 0) is 27.1 Å². The van der Waals surface area contributed by atoms with Crippen molar-refractivity contribution < 1.29 is 0 Å². The number of halogens is 2. The minimum Gasteiger partial charge on any atom is -0.340 e. The highest BCUT2D eigenvalue weighted by atomic mass is 35.5. The molecule has 0 fully saturated rings. The standard InChI is InChI=1S/C11H16N4O.2ClH/c1-8(14(2)3)6-15-5-4-9-10(15)11(16)13-7-12-9;;/h4-5,7-8H,6H2,1-3H3,(H,12,13,16);2*1H. The number of nitrogens with one attached hydrogen (secondary N) is 1. The lowest BCUT2D eigenvalue weighted by Crippen LogP contribution is -2.29. The minimum atomic E-state index is -0.0824. The molecular weight excluding hydrogens is 275 g/mol. The molecule has 5 nitrogen and oxygen atoms in total. The monoisotopic (exact) mass is 292 g/mol. The van der Waals surface area contributed by atoms with E-state index in [1.54, 1.807) is 0 Å². The lowest BCUT2D eigenvalue weighted by atomic mass is 10.3. The van der Waals surface area contributed by atoms with Crippen LogP contribution in [0, 0.1) is 0 Å². The van der Waals surface area contributed by atoms with E-state index in [2.05, 4.69) is 21.8 Å². The van der Waals surface area contributed by atoms with Crippen molar-refractivity contribution in [1.29, 1.82) is 0 Å². The highest BCUT2D eigenvalue weighted by molar-refractivity contribution is 5.85. The largest absolute Gasteiger partial charge is 0.340 e.